The van der Waals surface area contributed by atoms with E-state index in [1.807, 2.05) is 24.3 Å². The Morgan fingerprint density at radius 3 is 2.52 bits per heavy atom. The number of hydrogen-bond donors (Lipinski definition) is 2. The predicted octanol–water partition coefficient (Wildman–Crippen LogP) is 5.42. The number of carbonyl (C=O) groups is 1. The first-order valence-corrected chi connectivity index (χ1v) is 12.7. The molecule has 0 unspecified atom stereocenters. The Hall–Kier alpha value is -3.11. The molecule has 1 aliphatic rings. The molecule has 0 bridgehead atoms. The van der Waals surface area contributed by atoms with Crippen LogP contribution in [0, 0.1) is 0 Å². The van der Waals surface area contributed by atoms with Crippen LogP contribution in [0.25, 0.3) is 22.4 Å². The van der Waals surface area contributed by atoms with Crippen molar-refractivity contribution < 1.29 is 22.0 Å². The molecule has 1 amide bonds. The lowest BCUT2D eigenvalue weighted by Gasteiger charge is -2.12. The number of hydrogen-bond acceptors (Lipinski definition) is 5. The Morgan fingerprint density at radius 1 is 1.06 bits per heavy atom. The largest absolute Gasteiger partial charge is 0.341 e. The smallest absolute Gasteiger partial charge is 0.338 e. The highest BCUT2D eigenvalue weighted by Gasteiger charge is 2.27. The minimum absolute atomic E-state index is 0.171. The van der Waals surface area contributed by atoms with Crippen LogP contribution < -0.4 is 5.32 Å². The molecule has 4 aromatic rings. The lowest BCUT2D eigenvalue weighted by atomic mass is 9.95. The SMILES string of the molecule is O=C(Nc1sc2c(c1-c1nc3ccccc3[nH]1)CCCC2)c1ccc(S(=O)(=O)C(F)F)cc1. The number of anilines is 1. The number of imidazole rings is 1. The Balaban J connectivity index is 1.50. The number of para-hydroxylation sites is 2. The number of halogens is 2. The molecule has 0 fully saturated rings. The van der Waals surface area contributed by atoms with Crippen LogP contribution in [0.2, 0.25) is 0 Å². The number of aryl methyl sites for hydroxylation is 1. The van der Waals surface area contributed by atoms with Crippen LogP contribution in [0.5, 0.6) is 0 Å². The Kier molecular flexibility index (Phi) is 5.49. The van der Waals surface area contributed by atoms with Crippen LogP contribution in [-0.4, -0.2) is 30.1 Å². The summed E-state index contributed by atoms with van der Waals surface area (Å²) in [5.41, 5.74) is 3.95. The third-order valence-electron chi connectivity index (χ3n) is 5.70. The number of sulfone groups is 1. The highest BCUT2D eigenvalue weighted by Crippen LogP contribution is 2.43. The van der Waals surface area contributed by atoms with Crippen molar-refractivity contribution >= 4 is 43.1 Å². The van der Waals surface area contributed by atoms with Crippen LogP contribution in [0.1, 0.15) is 33.6 Å². The van der Waals surface area contributed by atoms with Gasteiger partial charge in [-0.3, -0.25) is 4.79 Å². The lowest BCUT2D eigenvalue weighted by molar-refractivity contribution is 0.102. The third kappa shape index (κ3) is 3.93. The van der Waals surface area contributed by atoms with Crippen molar-refractivity contribution in [1.29, 1.82) is 0 Å². The number of nitrogens with zero attached hydrogens (tertiary/aromatic N) is 1. The quantitative estimate of drug-likeness (QED) is 0.393. The van der Waals surface area contributed by atoms with Crippen LogP contribution in [0.15, 0.2) is 53.4 Å². The molecule has 1 aliphatic carbocycles. The zero-order valence-electron chi connectivity index (χ0n) is 17.3. The fourth-order valence-corrected chi connectivity index (χ4v) is 6.06. The van der Waals surface area contributed by atoms with E-state index >= 15 is 0 Å². The molecule has 170 valence electrons. The molecule has 10 heteroatoms. The minimum Gasteiger partial charge on any atom is -0.338 e. The molecule has 6 nitrogen and oxygen atoms in total. The summed E-state index contributed by atoms with van der Waals surface area (Å²) in [6.07, 6.45) is 3.97. The maximum atomic E-state index is 12.9. The molecule has 0 radical (unpaired) electrons. The fraction of sp³-hybridized carbons (Fsp3) is 0.217. The third-order valence-corrected chi connectivity index (χ3v) is 8.31. The van der Waals surface area contributed by atoms with E-state index in [2.05, 4.69) is 10.3 Å². The first-order chi connectivity index (χ1) is 15.8. The fourth-order valence-electron chi connectivity index (χ4n) is 4.05. The summed E-state index contributed by atoms with van der Waals surface area (Å²) in [7, 11) is -4.71. The average Bonchev–Trinajstić information content (AvgIpc) is 3.39. The van der Waals surface area contributed by atoms with E-state index in [0.29, 0.717) is 10.8 Å². The van der Waals surface area contributed by atoms with E-state index in [9.17, 15) is 22.0 Å². The summed E-state index contributed by atoms with van der Waals surface area (Å²) in [5, 5.41) is 3.59. The molecular weight excluding hydrogens is 468 g/mol. The van der Waals surface area contributed by atoms with Crippen LogP contribution in [0.4, 0.5) is 13.8 Å². The molecule has 2 aromatic heterocycles. The standard InChI is InChI=1S/C23H19F2N3O3S2/c24-23(25)33(30,31)14-11-9-13(10-12-14)21(29)28-22-19(15-5-1-4-8-18(15)32-22)20-26-16-6-2-3-7-17(16)27-20/h2-3,6-7,9-12,23H,1,4-5,8H2,(H,26,27)(H,28,29). The van der Waals surface area contributed by atoms with Gasteiger partial charge in [0.05, 0.1) is 21.5 Å². The lowest BCUT2D eigenvalue weighted by Crippen LogP contribution is -2.14. The monoisotopic (exact) mass is 487 g/mol. The van der Waals surface area contributed by atoms with E-state index in [-0.39, 0.29) is 5.56 Å². The van der Waals surface area contributed by atoms with Crippen molar-refractivity contribution in [1.82, 2.24) is 9.97 Å². The Bertz CT molecular complexity index is 1430. The summed E-state index contributed by atoms with van der Waals surface area (Å²) in [6.45, 7) is 0. The van der Waals surface area contributed by atoms with E-state index in [1.165, 1.54) is 33.9 Å². The Morgan fingerprint density at radius 2 is 1.79 bits per heavy atom. The number of aromatic nitrogens is 2. The molecule has 0 saturated carbocycles. The molecule has 0 aliphatic heterocycles. The maximum Gasteiger partial charge on any atom is 0.341 e. The number of nitrogens with one attached hydrogen (secondary N) is 2. The molecule has 2 heterocycles. The van der Waals surface area contributed by atoms with E-state index in [0.717, 1.165) is 54.4 Å². The van der Waals surface area contributed by atoms with Crippen molar-refractivity contribution in [3.63, 3.8) is 0 Å². The van der Waals surface area contributed by atoms with Gasteiger partial charge >= 0.3 is 5.76 Å². The van der Waals surface area contributed by atoms with Gasteiger partial charge in [-0.15, -0.1) is 11.3 Å². The van der Waals surface area contributed by atoms with Gasteiger partial charge < -0.3 is 10.3 Å². The van der Waals surface area contributed by atoms with E-state index in [4.69, 9.17) is 4.98 Å². The van der Waals surface area contributed by atoms with Crippen LogP contribution in [-0.2, 0) is 22.7 Å². The number of thiophene rings is 1. The minimum atomic E-state index is -4.71. The van der Waals surface area contributed by atoms with Crippen LogP contribution >= 0.6 is 11.3 Å². The molecule has 0 saturated heterocycles. The van der Waals surface area contributed by atoms with Crippen molar-refractivity contribution in [3.05, 3.63) is 64.5 Å². The van der Waals surface area contributed by atoms with Gasteiger partial charge in [0.2, 0.25) is 9.84 Å². The second-order valence-corrected chi connectivity index (χ2v) is 10.8. The summed E-state index contributed by atoms with van der Waals surface area (Å²) < 4.78 is 48.8. The van der Waals surface area contributed by atoms with Gasteiger partial charge in [-0.25, -0.2) is 13.4 Å². The predicted molar refractivity (Wildman–Crippen MR) is 124 cm³/mol. The van der Waals surface area contributed by atoms with Gasteiger partial charge in [-0.1, -0.05) is 12.1 Å². The highest BCUT2D eigenvalue weighted by molar-refractivity contribution is 7.91. The number of H-pyrrole nitrogens is 1. The van der Waals surface area contributed by atoms with Crippen LogP contribution in [0.3, 0.4) is 0 Å². The van der Waals surface area contributed by atoms with E-state index < -0.39 is 26.4 Å². The Labute approximate surface area is 192 Å². The molecule has 5 rings (SSSR count). The second-order valence-electron chi connectivity index (χ2n) is 7.80. The molecular formula is C23H19F2N3O3S2. The second kappa shape index (κ2) is 8.35. The summed E-state index contributed by atoms with van der Waals surface area (Å²) in [5.74, 6) is -3.28. The molecule has 2 aromatic carbocycles. The molecule has 33 heavy (non-hydrogen) atoms. The van der Waals surface area contributed by atoms with Gasteiger partial charge in [-0.05, 0) is 67.6 Å². The van der Waals surface area contributed by atoms with Crippen molar-refractivity contribution in [2.24, 2.45) is 0 Å². The van der Waals surface area contributed by atoms with Gasteiger partial charge in [0.1, 0.15) is 10.8 Å². The normalized spacial score (nSPS) is 13.9. The summed E-state index contributed by atoms with van der Waals surface area (Å²) in [6, 6.07) is 12.2. The molecule has 2 N–H and O–H groups in total. The zero-order valence-corrected chi connectivity index (χ0v) is 18.9. The summed E-state index contributed by atoms with van der Waals surface area (Å²) in [4.78, 5) is 21.7. The molecule has 0 atom stereocenters. The number of carbonyl (C=O) groups excluding carboxylic acids is 1. The van der Waals surface area contributed by atoms with Gasteiger partial charge in [-0.2, -0.15) is 8.78 Å². The first kappa shape index (κ1) is 21.7. The number of benzene rings is 2. The number of amides is 1. The number of fused-ring (bicyclic) bond motifs is 2. The first-order valence-electron chi connectivity index (χ1n) is 10.4. The topological polar surface area (TPSA) is 91.9 Å². The van der Waals surface area contributed by atoms with Gasteiger partial charge in [0, 0.05) is 10.4 Å². The van der Waals surface area contributed by atoms with E-state index in [1.54, 1.807) is 0 Å². The number of alkyl halides is 2. The van der Waals surface area contributed by atoms with Gasteiger partial charge in [0.15, 0.2) is 0 Å². The van der Waals surface area contributed by atoms with Crippen molar-refractivity contribution in [3.8, 4) is 11.4 Å². The number of rotatable bonds is 5. The highest BCUT2D eigenvalue weighted by atomic mass is 32.2. The van der Waals surface area contributed by atoms with Crippen molar-refractivity contribution in [2.45, 2.75) is 36.3 Å². The number of aromatic amines is 1. The summed E-state index contributed by atoms with van der Waals surface area (Å²) >= 11 is 1.51. The average molecular weight is 488 g/mol. The maximum absolute atomic E-state index is 12.9. The van der Waals surface area contributed by atoms with Gasteiger partial charge in [0.25, 0.3) is 5.91 Å². The molecule has 0 spiro atoms. The zero-order chi connectivity index (χ0) is 23.2. The van der Waals surface area contributed by atoms with Crippen molar-refractivity contribution in [2.75, 3.05) is 5.32 Å².